The van der Waals surface area contributed by atoms with Crippen molar-refractivity contribution < 1.29 is 9.53 Å². The molecule has 4 nitrogen and oxygen atoms in total. The molecule has 0 unspecified atom stereocenters. The molecule has 1 spiro atoms. The molecule has 3 aliphatic heterocycles. The van der Waals surface area contributed by atoms with E-state index in [2.05, 4.69) is 54.0 Å². The molecule has 0 aromatic heterocycles. The molecule has 0 radical (unpaired) electrons. The fourth-order valence-electron chi connectivity index (χ4n) is 5.95. The van der Waals surface area contributed by atoms with Crippen molar-refractivity contribution in [3.63, 3.8) is 0 Å². The summed E-state index contributed by atoms with van der Waals surface area (Å²) in [6, 6.07) is 15.3. The first-order valence-electron chi connectivity index (χ1n) is 10.8. The minimum absolute atomic E-state index is 0.268. The maximum atomic E-state index is 13.7. The smallest absolute Gasteiger partial charge is 0.243 e. The van der Waals surface area contributed by atoms with Gasteiger partial charge in [-0.05, 0) is 74.0 Å². The number of nitrogens with zero attached hydrogens (tertiary/aromatic N) is 2. The highest BCUT2D eigenvalue weighted by atomic mass is 16.5. The fourth-order valence-corrected chi connectivity index (χ4v) is 5.95. The van der Waals surface area contributed by atoms with Crippen LogP contribution in [0.5, 0.6) is 5.75 Å². The summed E-state index contributed by atoms with van der Waals surface area (Å²) in [4.78, 5) is 18.3. The van der Waals surface area contributed by atoms with Crippen molar-refractivity contribution in [2.75, 3.05) is 20.2 Å². The van der Waals surface area contributed by atoms with Crippen LogP contribution in [0.3, 0.4) is 0 Å². The van der Waals surface area contributed by atoms with E-state index in [0.717, 1.165) is 38.1 Å². The molecule has 3 atom stereocenters. The van der Waals surface area contributed by atoms with Crippen LogP contribution in [0, 0.1) is 19.8 Å². The monoisotopic (exact) mass is 390 g/mol. The van der Waals surface area contributed by atoms with E-state index in [1.165, 1.54) is 22.3 Å². The molecule has 5 rings (SSSR count). The highest BCUT2D eigenvalue weighted by Gasteiger charge is 2.65. The zero-order valence-corrected chi connectivity index (χ0v) is 17.6. The Bertz CT molecular complexity index is 938. The van der Waals surface area contributed by atoms with Crippen LogP contribution in [-0.4, -0.2) is 41.4 Å². The highest BCUT2D eigenvalue weighted by molar-refractivity contribution is 5.90. The number of aryl methyl sites for hydroxylation is 2. The van der Waals surface area contributed by atoms with Gasteiger partial charge in [-0.2, -0.15) is 0 Å². The van der Waals surface area contributed by atoms with Crippen LogP contribution in [0.1, 0.15) is 47.6 Å². The normalized spacial score (nSPS) is 28.7. The number of carbonyl (C=O) groups excluding carboxylic acids is 1. The van der Waals surface area contributed by atoms with Crippen molar-refractivity contribution in [2.24, 2.45) is 5.92 Å². The van der Waals surface area contributed by atoms with E-state index in [1.54, 1.807) is 7.11 Å². The number of likely N-dealkylation sites (tertiary alicyclic amines) is 1. The molecular formula is C25H30N2O2. The molecule has 152 valence electrons. The molecule has 3 aliphatic rings. The Morgan fingerprint density at radius 1 is 1.10 bits per heavy atom. The van der Waals surface area contributed by atoms with E-state index >= 15 is 0 Å². The van der Waals surface area contributed by atoms with Gasteiger partial charge in [0, 0.05) is 25.0 Å². The van der Waals surface area contributed by atoms with Crippen LogP contribution < -0.4 is 4.74 Å². The van der Waals surface area contributed by atoms with E-state index in [9.17, 15) is 4.79 Å². The lowest BCUT2D eigenvalue weighted by molar-refractivity contribution is -0.137. The van der Waals surface area contributed by atoms with Crippen molar-refractivity contribution in [2.45, 2.75) is 51.2 Å². The lowest BCUT2D eigenvalue weighted by atomic mass is 9.85. The summed E-state index contributed by atoms with van der Waals surface area (Å²) in [5, 5.41) is 0. The van der Waals surface area contributed by atoms with Gasteiger partial charge in [-0.3, -0.25) is 9.69 Å². The second-order valence-electron chi connectivity index (χ2n) is 9.05. The van der Waals surface area contributed by atoms with Crippen LogP contribution in [0.2, 0.25) is 0 Å². The molecule has 0 saturated carbocycles. The number of methoxy groups -OCH3 is 1. The summed E-state index contributed by atoms with van der Waals surface area (Å²) in [6.07, 6.45) is 3.23. The van der Waals surface area contributed by atoms with Gasteiger partial charge in [0.05, 0.1) is 7.11 Å². The summed E-state index contributed by atoms with van der Waals surface area (Å²) < 4.78 is 5.26. The van der Waals surface area contributed by atoms with Crippen molar-refractivity contribution in [1.29, 1.82) is 0 Å². The van der Waals surface area contributed by atoms with Crippen molar-refractivity contribution in [3.8, 4) is 5.75 Å². The first-order valence-corrected chi connectivity index (χ1v) is 10.8. The molecule has 2 aromatic rings. The van der Waals surface area contributed by atoms with Gasteiger partial charge in [-0.1, -0.05) is 30.3 Å². The highest BCUT2D eigenvalue weighted by Crippen LogP contribution is 2.56. The standard InChI is InChI=1S/C25H30N2O2/c1-17-5-8-20(13-18(17)2)23-14-21-16-26(15-19-6-9-22(29-3)10-7-19)24(28)25(21)11-4-12-27(23)25/h5-10,13,21,23H,4,11-12,14-16H2,1-3H3/t21-,23-,25-/m0/s1. The van der Waals surface area contributed by atoms with Crippen LogP contribution in [0.15, 0.2) is 42.5 Å². The SMILES string of the molecule is COc1ccc(CN2C[C@@H]3C[C@@H](c4ccc(C)c(C)c4)N4CCC[C@@]34C2=O)cc1. The number of carbonyl (C=O) groups is 1. The number of hydrogen-bond acceptors (Lipinski definition) is 3. The molecule has 2 aromatic carbocycles. The quantitative estimate of drug-likeness (QED) is 0.782. The van der Waals surface area contributed by atoms with Gasteiger partial charge in [0.1, 0.15) is 11.3 Å². The van der Waals surface area contributed by atoms with E-state index in [4.69, 9.17) is 4.74 Å². The third-order valence-corrected chi connectivity index (χ3v) is 7.58. The van der Waals surface area contributed by atoms with Crippen LogP contribution in [-0.2, 0) is 11.3 Å². The molecule has 0 N–H and O–H groups in total. The average molecular weight is 391 g/mol. The molecule has 0 bridgehead atoms. The average Bonchev–Trinajstić information content (AvgIpc) is 3.36. The Morgan fingerprint density at radius 3 is 2.62 bits per heavy atom. The van der Waals surface area contributed by atoms with Gasteiger partial charge in [0.2, 0.25) is 5.91 Å². The van der Waals surface area contributed by atoms with Crippen molar-refractivity contribution in [1.82, 2.24) is 9.80 Å². The molecule has 4 heteroatoms. The third kappa shape index (κ3) is 2.80. The molecule has 0 aliphatic carbocycles. The lowest BCUT2D eigenvalue weighted by Crippen LogP contribution is -2.49. The van der Waals surface area contributed by atoms with E-state index < -0.39 is 0 Å². The number of benzene rings is 2. The van der Waals surface area contributed by atoms with Crippen molar-refractivity contribution >= 4 is 5.91 Å². The Balaban J connectivity index is 1.39. The maximum absolute atomic E-state index is 13.7. The zero-order valence-electron chi connectivity index (χ0n) is 17.6. The lowest BCUT2D eigenvalue weighted by Gasteiger charge is -2.34. The zero-order chi connectivity index (χ0) is 20.2. The number of ether oxygens (including phenoxy) is 1. The largest absolute Gasteiger partial charge is 0.497 e. The Hall–Kier alpha value is -2.33. The molecular weight excluding hydrogens is 360 g/mol. The number of rotatable bonds is 4. The summed E-state index contributed by atoms with van der Waals surface area (Å²) in [5.74, 6) is 1.64. The molecule has 3 saturated heterocycles. The van der Waals surface area contributed by atoms with Crippen molar-refractivity contribution in [3.05, 3.63) is 64.7 Å². The maximum Gasteiger partial charge on any atom is 0.243 e. The first kappa shape index (κ1) is 18.7. The molecule has 3 fully saturated rings. The third-order valence-electron chi connectivity index (χ3n) is 7.58. The van der Waals surface area contributed by atoms with Crippen LogP contribution in [0.25, 0.3) is 0 Å². The van der Waals surface area contributed by atoms with Gasteiger partial charge >= 0.3 is 0 Å². The van der Waals surface area contributed by atoms with Gasteiger partial charge in [0.25, 0.3) is 0 Å². The minimum Gasteiger partial charge on any atom is -0.497 e. The van der Waals surface area contributed by atoms with Gasteiger partial charge in [-0.15, -0.1) is 0 Å². The topological polar surface area (TPSA) is 32.8 Å². The van der Waals surface area contributed by atoms with Gasteiger partial charge in [0.15, 0.2) is 0 Å². The molecule has 3 heterocycles. The van der Waals surface area contributed by atoms with Crippen LogP contribution in [0.4, 0.5) is 0 Å². The molecule has 1 amide bonds. The summed E-state index contributed by atoms with van der Waals surface area (Å²) in [7, 11) is 1.68. The second kappa shape index (κ2) is 6.88. The van der Waals surface area contributed by atoms with E-state index in [0.29, 0.717) is 24.4 Å². The summed E-state index contributed by atoms with van der Waals surface area (Å²) in [6.45, 7) is 6.97. The van der Waals surface area contributed by atoms with Crippen LogP contribution >= 0.6 is 0 Å². The Kier molecular flexibility index (Phi) is 4.43. The predicted octanol–water partition coefficient (Wildman–Crippen LogP) is 4.25. The second-order valence-corrected chi connectivity index (χ2v) is 9.05. The number of amides is 1. The van der Waals surface area contributed by atoms with E-state index in [-0.39, 0.29) is 5.54 Å². The van der Waals surface area contributed by atoms with Gasteiger partial charge in [-0.25, -0.2) is 0 Å². The Morgan fingerprint density at radius 2 is 1.90 bits per heavy atom. The fraction of sp³-hybridized carbons (Fsp3) is 0.480. The van der Waals surface area contributed by atoms with Gasteiger partial charge < -0.3 is 9.64 Å². The summed E-state index contributed by atoms with van der Waals surface area (Å²) >= 11 is 0. The minimum atomic E-state index is -0.268. The first-order chi connectivity index (χ1) is 14.0. The summed E-state index contributed by atoms with van der Waals surface area (Å²) in [5.41, 5.74) is 4.98. The number of hydrogen-bond donors (Lipinski definition) is 0. The van der Waals surface area contributed by atoms with E-state index in [1.807, 2.05) is 12.1 Å². The molecule has 29 heavy (non-hydrogen) atoms. The predicted molar refractivity (Wildman–Crippen MR) is 114 cm³/mol. The Labute approximate surface area is 173 Å².